The molecule has 2 aromatic carbocycles. The number of carbonyl (C=O) groups excluding carboxylic acids is 2. The second-order valence-corrected chi connectivity index (χ2v) is 5.30. The van der Waals surface area contributed by atoms with Crippen molar-refractivity contribution in [3.05, 3.63) is 64.3 Å². The molecule has 2 N–H and O–H groups in total. The van der Waals surface area contributed by atoms with Crippen molar-refractivity contribution in [1.29, 1.82) is 0 Å². The third-order valence-corrected chi connectivity index (χ3v) is 3.61. The number of esters is 1. The van der Waals surface area contributed by atoms with Crippen LogP contribution in [0.4, 0.5) is 10.1 Å². The van der Waals surface area contributed by atoms with Gasteiger partial charge in [-0.1, -0.05) is 6.07 Å². The maximum absolute atomic E-state index is 13.2. The van der Waals surface area contributed by atoms with E-state index in [0.29, 0.717) is 22.3 Å². The first-order valence-electron chi connectivity index (χ1n) is 7.34. The Labute approximate surface area is 141 Å². The summed E-state index contributed by atoms with van der Waals surface area (Å²) >= 11 is 0. The van der Waals surface area contributed by atoms with Crippen LogP contribution in [-0.4, -0.2) is 28.5 Å². The van der Waals surface area contributed by atoms with Crippen LogP contribution in [0.2, 0.25) is 0 Å². The second-order valence-electron chi connectivity index (χ2n) is 5.30. The van der Waals surface area contributed by atoms with Gasteiger partial charge in [0.2, 0.25) is 5.91 Å². The number of methoxy groups -OCH3 is 1. The van der Waals surface area contributed by atoms with Gasteiger partial charge in [-0.2, -0.15) is 0 Å². The number of nitrogens with zero attached hydrogens (tertiary/aromatic N) is 1. The Hall–Kier alpha value is -3.42. The van der Waals surface area contributed by atoms with Gasteiger partial charge in [-0.25, -0.2) is 14.0 Å². The van der Waals surface area contributed by atoms with Crippen molar-refractivity contribution in [2.45, 2.75) is 6.54 Å². The molecule has 128 valence electrons. The molecule has 25 heavy (non-hydrogen) atoms. The summed E-state index contributed by atoms with van der Waals surface area (Å²) in [6.45, 7) is -0.257. The molecule has 0 atom stereocenters. The van der Waals surface area contributed by atoms with Gasteiger partial charge in [0.15, 0.2) is 0 Å². The van der Waals surface area contributed by atoms with Gasteiger partial charge >= 0.3 is 11.7 Å². The lowest BCUT2D eigenvalue weighted by Gasteiger charge is -2.07. The first-order chi connectivity index (χ1) is 12.0. The van der Waals surface area contributed by atoms with Crippen LogP contribution in [-0.2, 0) is 16.1 Å². The van der Waals surface area contributed by atoms with Crippen LogP contribution in [0.15, 0.2) is 47.3 Å². The molecule has 7 nitrogen and oxygen atoms in total. The molecule has 3 rings (SSSR count). The molecular formula is C17H14FN3O4. The number of halogens is 1. The fraction of sp³-hybridized carbons (Fsp3) is 0.118. The van der Waals surface area contributed by atoms with Crippen molar-refractivity contribution in [3.63, 3.8) is 0 Å². The number of ether oxygens (including phenoxy) is 1. The summed E-state index contributed by atoms with van der Waals surface area (Å²) in [4.78, 5) is 38.2. The number of nitrogens with one attached hydrogen (secondary N) is 2. The largest absolute Gasteiger partial charge is 0.465 e. The van der Waals surface area contributed by atoms with E-state index < -0.39 is 23.4 Å². The standard InChI is InChI=1S/C17H14FN3O4/c1-25-16(23)10-3-2-4-12(7-10)19-15(22)9-21-14-6-5-11(18)8-13(14)20-17(21)24/h2-8H,9H2,1H3,(H,19,22)(H,20,24). The van der Waals surface area contributed by atoms with Gasteiger partial charge in [-0.3, -0.25) is 9.36 Å². The van der Waals surface area contributed by atoms with E-state index in [1.54, 1.807) is 18.2 Å². The van der Waals surface area contributed by atoms with E-state index in [0.717, 1.165) is 0 Å². The Kier molecular flexibility index (Phi) is 4.34. The predicted molar refractivity (Wildman–Crippen MR) is 88.9 cm³/mol. The number of anilines is 1. The molecule has 0 unspecified atom stereocenters. The normalized spacial score (nSPS) is 10.6. The van der Waals surface area contributed by atoms with Gasteiger partial charge in [0, 0.05) is 5.69 Å². The molecule has 0 spiro atoms. The first-order valence-corrected chi connectivity index (χ1v) is 7.34. The van der Waals surface area contributed by atoms with E-state index in [9.17, 15) is 18.8 Å². The van der Waals surface area contributed by atoms with Gasteiger partial charge in [0.05, 0.1) is 23.7 Å². The summed E-state index contributed by atoms with van der Waals surface area (Å²) < 4.78 is 19.0. The van der Waals surface area contributed by atoms with Gasteiger partial charge in [-0.05, 0) is 36.4 Å². The molecule has 0 aliphatic heterocycles. The molecule has 0 saturated heterocycles. The molecule has 8 heteroatoms. The Bertz CT molecular complexity index is 1020. The smallest absolute Gasteiger partial charge is 0.337 e. The van der Waals surface area contributed by atoms with Gasteiger partial charge in [-0.15, -0.1) is 0 Å². The van der Waals surface area contributed by atoms with Crippen molar-refractivity contribution in [1.82, 2.24) is 9.55 Å². The monoisotopic (exact) mass is 343 g/mol. The zero-order valence-electron chi connectivity index (χ0n) is 13.2. The number of carbonyl (C=O) groups is 2. The van der Waals surface area contributed by atoms with Crippen LogP contribution in [0.3, 0.4) is 0 Å². The summed E-state index contributed by atoms with van der Waals surface area (Å²) in [5.41, 5.74) is 0.904. The molecule has 1 amide bonds. The van der Waals surface area contributed by atoms with Gasteiger partial charge < -0.3 is 15.0 Å². The maximum atomic E-state index is 13.2. The zero-order valence-corrected chi connectivity index (χ0v) is 13.2. The minimum absolute atomic E-state index is 0.257. The fourth-order valence-corrected chi connectivity index (χ4v) is 2.48. The Morgan fingerprint density at radius 2 is 2.04 bits per heavy atom. The highest BCUT2D eigenvalue weighted by Crippen LogP contribution is 2.14. The number of benzene rings is 2. The Morgan fingerprint density at radius 1 is 1.24 bits per heavy atom. The number of hydrogen-bond acceptors (Lipinski definition) is 4. The van der Waals surface area contributed by atoms with E-state index in [2.05, 4.69) is 15.0 Å². The number of hydrogen-bond donors (Lipinski definition) is 2. The molecule has 0 fully saturated rings. The SMILES string of the molecule is COC(=O)c1cccc(NC(=O)Cn2c(=O)[nH]c3cc(F)ccc32)c1. The Balaban J connectivity index is 1.81. The highest BCUT2D eigenvalue weighted by atomic mass is 19.1. The first kappa shape index (κ1) is 16.4. The van der Waals surface area contributed by atoms with Crippen molar-refractivity contribution < 1.29 is 18.7 Å². The summed E-state index contributed by atoms with van der Waals surface area (Å²) in [6, 6.07) is 10.1. The van der Waals surface area contributed by atoms with Crippen LogP contribution in [0, 0.1) is 5.82 Å². The predicted octanol–water partition coefficient (Wildman–Crippen LogP) is 1.89. The zero-order chi connectivity index (χ0) is 18.0. The average Bonchev–Trinajstić information content (AvgIpc) is 2.89. The van der Waals surface area contributed by atoms with Crippen molar-refractivity contribution >= 4 is 28.6 Å². The number of amides is 1. The lowest BCUT2D eigenvalue weighted by molar-refractivity contribution is -0.116. The number of imidazole rings is 1. The van der Waals surface area contributed by atoms with Crippen LogP contribution in [0.1, 0.15) is 10.4 Å². The molecule has 3 aromatic rings. The average molecular weight is 343 g/mol. The summed E-state index contributed by atoms with van der Waals surface area (Å²) in [5, 5.41) is 2.61. The van der Waals surface area contributed by atoms with Crippen LogP contribution >= 0.6 is 0 Å². The number of aromatic amines is 1. The van der Waals surface area contributed by atoms with E-state index in [1.807, 2.05) is 0 Å². The summed E-state index contributed by atoms with van der Waals surface area (Å²) in [7, 11) is 1.26. The van der Waals surface area contributed by atoms with E-state index in [4.69, 9.17) is 0 Å². The van der Waals surface area contributed by atoms with Crippen molar-refractivity contribution in [3.8, 4) is 0 Å². The molecule has 0 bridgehead atoms. The molecule has 1 heterocycles. The Morgan fingerprint density at radius 3 is 2.80 bits per heavy atom. The topological polar surface area (TPSA) is 93.2 Å². The highest BCUT2D eigenvalue weighted by molar-refractivity contribution is 5.94. The molecule has 0 radical (unpaired) electrons. The lowest BCUT2D eigenvalue weighted by Crippen LogP contribution is -2.25. The van der Waals surface area contributed by atoms with Gasteiger partial charge in [0.1, 0.15) is 12.4 Å². The van der Waals surface area contributed by atoms with E-state index >= 15 is 0 Å². The third-order valence-electron chi connectivity index (χ3n) is 3.61. The number of H-pyrrole nitrogens is 1. The lowest BCUT2D eigenvalue weighted by atomic mass is 10.2. The van der Waals surface area contributed by atoms with E-state index in [-0.39, 0.29) is 6.54 Å². The third kappa shape index (κ3) is 3.42. The summed E-state index contributed by atoms with van der Waals surface area (Å²) in [5.74, 6) is -1.47. The van der Waals surface area contributed by atoms with Crippen LogP contribution in [0.25, 0.3) is 11.0 Å². The molecule has 0 aliphatic carbocycles. The van der Waals surface area contributed by atoms with Crippen molar-refractivity contribution in [2.75, 3.05) is 12.4 Å². The number of fused-ring (bicyclic) bond motifs is 1. The minimum atomic E-state index is -0.522. The number of rotatable bonds is 4. The van der Waals surface area contributed by atoms with E-state index in [1.165, 1.54) is 35.9 Å². The molecule has 0 aliphatic rings. The minimum Gasteiger partial charge on any atom is -0.465 e. The molecule has 1 aromatic heterocycles. The van der Waals surface area contributed by atoms with Gasteiger partial charge in [0.25, 0.3) is 0 Å². The quantitative estimate of drug-likeness (QED) is 0.708. The highest BCUT2D eigenvalue weighted by Gasteiger charge is 2.12. The van der Waals surface area contributed by atoms with Crippen LogP contribution < -0.4 is 11.0 Å². The second kappa shape index (κ2) is 6.60. The maximum Gasteiger partial charge on any atom is 0.337 e. The summed E-state index contributed by atoms with van der Waals surface area (Å²) in [6.07, 6.45) is 0. The van der Waals surface area contributed by atoms with Crippen molar-refractivity contribution in [2.24, 2.45) is 0 Å². The fourth-order valence-electron chi connectivity index (χ4n) is 2.48. The molecular weight excluding hydrogens is 329 g/mol. The molecule has 0 saturated carbocycles. The van der Waals surface area contributed by atoms with Crippen LogP contribution in [0.5, 0.6) is 0 Å². The number of aromatic nitrogens is 2.